The van der Waals surface area contributed by atoms with Gasteiger partial charge in [-0.05, 0) is 19.5 Å². The minimum Gasteiger partial charge on any atom is -0.465 e. The second-order valence-corrected chi connectivity index (χ2v) is 5.71. The summed E-state index contributed by atoms with van der Waals surface area (Å²) in [6, 6.07) is 11.0. The van der Waals surface area contributed by atoms with Crippen molar-refractivity contribution in [1.82, 2.24) is 15.1 Å². The first kappa shape index (κ1) is 16.9. The van der Waals surface area contributed by atoms with Crippen molar-refractivity contribution < 1.29 is 9.53 Å². The summed E-state index contributed by atoms with van der Waals surface area (Å²) in [7, 11) is 1.98. The number of esters is 1. The van der Waals surface area contributed by atoms with E-state index in [2.05, 4.69) is 39.4 Å². The lowest BCUT2D eigenvalue weighted by Crippen LogP contribution is -2.56. The maximum absolute atomic E-state index is 11.7. The molecular weight excluding hydrogens is 278 g/mol. The molecule has 0 bridgehead atoms. The van der Waals surface area contributed by atoms with E-state index in [-0.39, 0.29) is 5.97 Å². The molecule has 1 aliphatic heterocycles. The summed E-state index contributed by atoms with van der Waals surface area (Å²) in [6.07, 6.45) is 0. The quantitative estimate of drug-likeness (QED) is 0.760. The van der Waals surface area contributed by atoms with Gasteiger partial charge >= 0.3 is 5.97 Å². The van der Waals surface area contributed by atoms with Gasteiger partial charge in [0.15, 0.2) is 0 Å². The predicted molar refractivity (Wildman–Crippen MR) is 87.6 cm³/mol. The van der Waals surface area contributed by atoms with Crippen LogP contribution in [0.15, 0.2) is 30.3 Å². The highest BCUT2D eigenvalue weighted by molar-refractivity contribution is 5.71. The van der Waals surface area contributed by atoms with Gasteiger partial charge < -0.3 is 10.1 Å². The first-order valence-corrected chi connectivity index (χ1v) is 8.03. The largest absolute Gasteiger partial charge is 0.465 e. The molecule has 1 heterocycles. The van der Waals surface area contributed by atoms with Crippen LogP contribution in [0.3, 0.4) is 0 Å². The molecule has 0 saturated carbocycles. The van der Waals surface area contributed by atoms with Gasteiger partial charge in [-0.1, -0.05) is 30.3 Å². The van der Waals surface area contributed by atoms with Gasteiger partial charge in [-0.15, -0.1) is 0 Å². The van der Waals surface area contributed by atoms with E-state index >= 15 is 0 Å². The van der Waals surface area contributed by atoms with E-state index in [1.54, 1.807) is 0 Å². The number of carbonyl (C=O) groups is 1. The first-order chi connectivity index (χ1) is 10.7. The maximum Gasteiger partial charge on any atom is 0.320 e. The smallest absolute Gasteiger partial charge is 0.320 e. The Balaban J connectivity index is 1.91. The molecule has 0 aliphatic carbocycles. The second-order valence-electron chi connectivity index (χ2n) is 5.71. The third-order valence-corrected chi connectivity index (χ3v) is 4.02. The molecule has 5 nitrogen and oxygen atoms in total. The monoisotopic (exact) mass is 305 g/mol. The maximum atomic E-state index is 11.7. The number of likely N-dealkylation sites (N-methyl/N-ethyl adjacent to an activating group) is 1. The Morgan fingerprint density at radius 1 is 1.32 bits per heavy atom. The highest BCUT2D eigenvalue weighted by Crippen LogP contribution is 2.14. The van der Waals surface area contributed by atoms with Gasteiger partial charge in [0.2, 0.25) is 0 Å². The van der Waals surface area contributed by atoms with Crippen molar-refractivity contribution in [2.45, 2.75) is 19.5 Å². The van der Waals surface area contributed by atoms with Crippen molar-refractivity contribution in [3.63, 3.8) is 0 Å². The normalized spacial score (nSPS) is 20.0. The molecule has 2 rings (SSSR count). The van der Waals surface area contributed by atoms with Crippen LogP contribution >= 0.6 is 0 Å². The molecule has 1 atom stereocenters. The van der Waals surface area contributed by atoms with Crippen LogP contribution in [-0.4, -0.2) is 68.2 Å². The lowest BCUT2D eigenvalue weighted by atomic mass is 10.1. The van der Waals surface area contributed by atoms with Gasteiger partial charge in [0.05, 0.1) is 13.2 Å². The second kappa shape index (κ2) is 8.88. The molecule has 1 N–H and O–H groups in total. The van der Waals surface area contributed by atoms with Crippen LogP contribution in [0.4, 0.5) is 0 Å². The Kier molecular flexibility index (Phi) is 6.83. The van der Waals surface area contributed by atoms with Crippen LogP contribution in [0.5, 0.6) is 0 Å². The molecule has 0 radical (unpaired) electrons. The van der Waals surface area contributed by atoms with Crippen molar-refractivity contribution in [2.75, 3.05) is 46.4 Å². The van der Waals surface area contributed by atoms with Crippen molar-refractivity contribution in [3.05, 3.63) is 35.9 Å². The molecule has 0 unspecified atom stereocenters. The molecule has 5 heteroatoms. The number of piperazine rings is 1. The van der Waals surface area contributed by atoms with Gasteiger partial charge in [0.1, 0.15) is 0 Å². The summed E-state index contributed by atoms with van der Waals surface area (Å²) in [5.41, 5.74) is 1.34. The van der Waals surface area contributed by atoms with Crippen molar-refractivity contribution >= 4 is 5.97 Å². The number of benzene rings is 1. The standard InChI is InChI=1S/C17H27N3O2/c1-3-22-17(21)14-19-9-10-20(16(13-19)11-18-2)12-15-7-5-4-6-8-15/h4-8,16,18H,3,9-14H2,1-2H3/t16-/m0/s1. The van der Waals surface area contributed by atoms with Gasteiger partial charge in [-0.2, -0.15) is 0 Å². The number of ether oxygens (including phenoxy) is 1. The van der Waals surface area contributed by atoms with E-state index in [4.69, 9.17) is 4.74 Å². The summed E-state index contributed by atoms with van der Waals surface area (Å²) in [6.45, 7) is 7.35. The average Bonchev–Trinajstić information content (AvgIpc) is 2.51. The van der Waals surface area contributed by atoms with Crippen molar-refractivity contribution in [1.29, 1.82) is 0 Å². The molecule has 22 heavy (non-hydrogen) atoms. The Morgan fingerprint density at radius 2 is 2.09 bits per heavy atom. The third-order valence-electron chi connectivity index (χ3n) is 4.02. The zero-order valence-corrected chi connectivity index (χ0v) is 13.6. The van der Waals surface area contributed by atoms with Crippen molar-refractivity contribution in [3.8, 4) is 0 Å². The number of nitrogens with zero attached hydrogens (tertiary/aromatic N) is 2. The highest BCUT2D eigenvalue weighted by atomic mass is 16.5. The summed E-state index contributed by atoms with van der Waals surface area (Å²) < 4.78 is 5.05. The fourth-order valence-corrected chi connectivity index (χ4v) is 2.95. The topological polar surface area (TPSA) is 44.8 Å². The van der Waals surface area contributed by atoms with E-state index in [0.717, 1.165) is 32.7 Å². The molecule has 1 saturated heterocycles. The van der Waals surface area contributed by atoms with Crippen LogP contribution < -0.4 is 5.32 Å². The summed E-state index contributed by atoms with van der Waals surface area (Å²) in [4.78, 5) is 16.3. The molecule has 0 spiro atoms. The minimum absolute atomic E-state index is 0.123. The number of hydrogen-bond donors (Lipinski definition) is 1. The molecule has 1 aromatic carbocycles. The van der Waals surface area contributed by atoms with E-state index in [1.165, 1.54) is 5.56 Å². The number of carbonyl (C=O) groups excluding carboxylic acids is 1. The Labute approximate surface area is 133 Å². The SMILES string of the molecule is CCOC(=O)CN1CCN(Cc2ccccc2)[C@@H](CNC)C1. The summed E-state index contributed by atoms with van der Waals surface area (Å²) >= 11 is 0. The van der Waals surface area contributed by atoms with Gasteiger partial charge in [0, 0.05) is 38.8 Å². The fourth-order valence-electron chi connectivity index (χ4n) is 2.95. The molecule has 1 aliphatic rings. The molecular formula is C17H27N3O2. The van der Waals surface area contributed by atoms with E-state index in [9.17, 15) is 4.79 Å². The number of nitrogens with one attached hydrogen (secondary N) is 1. The van der Waals surface area contributed by atoms with Crippen LogP contribution in [0.1, 0.15) is 12.5 Å². The molecule has 1 aromatic rings. The number of hydrogen-bond acceptors (Lipinski definition) is 5. The van der Waals surface area contributed by atoms with Crippen LogP contribution in [0, 0.1) is 0 Å². The lowest BCUT2D eigenvalue weighted by Gasteiger charge is -2.41. The highest BCUT2D eigenvalue weighted by Gasteiger charge is 2.27. The van der Waals surface area contributed by atoms with Crippen LogP contribution in [-0.2, 0) is 16.1 Å². The van der Waals surface area contributed by atoms with Gasteiger partial charge in [-0.3, -0.25) is 14.6 Å². The summed E-state index contributed by atoms with van der Waals surface area (Å²) in [5.74, 6) is -0.123. The molecule has 0 amide bonds. The molecule has 122 valence electrons. The molecule has 0 aromatic heterocycles. The molecule has 1 fully saturated rings. The van der Waals surface area contributed by atoms with Crippen molar-refractivity contribution in [2.24, 2.45) is 0 Å². The first-order valence-electron chi connectivity index (χ1n) is 8.03. The zero-order valence-electron chi connectivity index (χ0n) is 13.6. The lowest BCUT2D eigenvalue weighted by molar-refractivity contribution is -0.145. The third kappa shape index (κ3) is 5.09. The van der Waals surface area contributed by atoms with E-state index in [0.29, 0.717) is 19.2 Å². The average molecular weight is 305 g/mol. The predicted octanol–water partition coefficient (Wildman–Crippen LogP) is 0.955. The van der Waals surface area contributed by atoms with Gasteiger partial charge in [-0.25, -0.2) is 0 Å². The Morgan fingerprint density at radius 3 is 2.77 bits per heavy atom. The Hall–Kier alpha value is -1.43. The van der Waals surface area contributed by atoms with Gasteiger partial charge in [0.25, 0.3) is 0 Å². The van der Waals surface area contributed by atoms with Crippen LogP contribution in [0.2, 0.25) is 0 Å². The summed E-state index contributed by atoms with van der Waals surface area (Å²) in [5, 5.41) is 3.27. The minimum atomic E-state index is -0.123. The van der Waals surface area contributed by atoms with E-state index in [1.807, 2.05) is 20.0 Å². The van der Waals surface area contributed by atoms with Crippen LogP contribution in [0.25, 0.3) is 0 Å². The van der Waals surface area contributed by atoms with E-state index < -0.39 is 0 Å². The fraction of sp³-hybridized carbons (Fsp3) is 0.588. The zero-order chi connectivity index (χ0) is 15.8. The Bertz CT molecular complexity index is 452. The number of rotatable bonds is 7.